The fraction of sp³-hybridized carbons (Fsp3) is 0.0769. The number of hydrogen-bond acceptors (Lipinski definition) is 5. The van der Waals surface area contributed by atoms with Crippen LogP contribution in [0.15, 0.2) is 30.5 Å². The maximum absolute atomic E-state index is 11.2. The van der Waals surface area contributed by atoms with Gasteiger partial charge in [0, 0.05) is 17.8 Å². The van der Waals surface area contributed by atoms with Gasteiger partial charge in [-0.05, 0) is 18.2 Å². The van der Waals surface area contributed by atoms with E-state index in [4.69, 9.17) is 32.5 Å². The number of anilines is 1. The first kappa shape index (κ1) is 14.0. The zero-order valence-electron chi connectivity index (χ0n) is 10.6. The topological polar surface area (TPSA) is 100 Å². The fourth-order valence-electron chi connectivity index (χ4n) is 1.53. The largest absolute Gasteiger partial charge is 0.497 e. The number of pyridine rings is 1. The SMILES string of the molecule is COc1cc(Oc2ncc(Cl)cc2N)cc(C(N)=O)c1. The summed E-state index contributed by atoms with van der Waals surface area (Å²) in [4.78, 5) is 15.2. The van der Waals surface area contributed by atoms with Crippen molar-refractivity contribution in [3.8, 4) is 17.4 Å². The molecule has 1 amide bonds. The zero-order chi connectivity index (χ0) is 14.7. The summed E-state index contributed by atoms with van der Waals surface area (Å²) in [6, 6.07) is 6.08. The van der Waals surface area contributed by atoms with Crippen LogP contribution in [0.25, 0.3) is 0 Å². The molecular weight excluding hydrogens is 282 g/mol. The number of nitrogens with zero attached hydrogens (tertiary/aromatic N) is 1. The van der Waals surface area contributed by atoms with Gasteiger partial charge in [-0.15, -0.1) is 0 Å². The van der Waals surface area contributed by atoms with Gasteiger partial charge in [-0.25, -0.2) is 4.98 Å². The van der Waals surface area contributed by atoms with E-state index in [9.17, 15) is 4.79 Å². The minimum atomic E-state index is -0.592. The molecule has 0 unspecified atom stereocenters. The van der Waals surface area contributed by atoms with Crippen LogP contribution in [0.2, 0.25) is 5.02 Å². The molecule has 0 saturated heterocycles. The lowest BCUT2D eigenvalue weighted by molar-refractivity contribution is 0.0999. The number of carbonyl (C=O) groups is 1. The summed E-state index contributed by atoms with van der Waals surface area (Å²) in [6.07, 6.45) is 1.41. The molecule has 6 nitrogen and oxygen atoms in total. The molecule has 0 fully saturated rings. The van der Waals surface area contributed by atoms with Crippen molar-refractivity contribution in [3.05, 3.63) is 41.0 Å². The van der Waals surface area contributed by atoms with Crippen molar-refractivity contribution in [2.75, 3.05) is 12.8 Å². The maximum atomic E-state index is 11.2. The van der Waals surface area contributed by atoms with Crippen LogP contribution in [0.4, 0.5) is 5.69 Å². The Morgan fingerprint density at radius 3 is 2.55 bits per heavy atom. The summed E-state index contributed by atoms with van der Waals surface area (Å²) in [5.41, 5.74) is 11.5. The second-order valence-electron chi connectivity index (χ2n) is 3.91. The molecule has 7 heteroatoms. The van der Waals surface area contributed by atoms with Crippen LogP contribution in [-0.2, 0) is 0 Å². The monoisotopic (exact) mass is 293 g/mol. The standard InChI is InChI=1S/C13H12ClN3O3/c1-19-9-2-7(12(16)18)3-10(5-9)20-13-11(15)4-8(14)6-17-13/h2-6H,15H2,1H3,(H2,16,18). The van der Waals surface area contributed by atoms with Gasteiger partial charge in [-0.3, -0.25) is 4.79 Å². The summed E-state index contributed by atoms with van der Waals surface area (Å²) < 4.78 is 10.6. The summed E-state index contributed by atoms with van der Waals surface area (Å²) in [5, 5.41) is 0.401. The predicted molar refractivity (Wildman–Crippen MR) is 75.2 cm³/mol. The third kappa shape index (κ3) is 3.10. The Morgan fingerprint density at radius 1 is 1.25 bits per heavy atom. The molecule has 1 heterocycles. The Bertz CT molecular complexity index is 661. The van der Waals surface area contributed by atoms with Crippen molar-refractivity contribution in [2.24, 2.45) is 5.73 Å². The highest BCUT2D eigenvalue weighted by Gasteiger charge is 2.10. The Labute approximate surface area is 120 Å². The summed E-state index contributed by atoms with van der Waals surface area (Å²) in [6.45, 7) is 0. The van der Waals surface area contributed by atoms with E-state index in [1.807, 2.05) is 0 Å². The first-order valence-corrected chi connectivity index (χ1v) is 5.95. The van der Waals surface area contributed by atoms with E-state index in [1.165, 1.54) is 31.5 Å². The Hall–Kier alpha value is -2.47. The molecule has 0 atom stereocenters. The second-order valence-corrected chi connectivity index (χ2v) is 4.35. The number of amides is 1. The van der Waals surface area contributed by atoms with Crippen LogP contribution in [-0.4, -0.2) is 18.0 Å². The molecule has 2 aromatic rings. The van der Waals surface area contributed by atoms with Gasteiger partial charge in [0.15, 0.2) is 0 Å². The number of nitrogen functional groups attached to an aromatic ring is 1. The highest BCUT2D eigenvalue weighted by atomic mass is 35.5. The molecule has 4 N–H and O–H groups in total. The molecule has 0 aliphatic heterocycles. The van der Waals surface area contributed by atoms with Crippen molar-refractivity contribution in [1.29, 1.82) is 0 Å². The predicted octanol–water partition coefficient (Wildman–Crippen LogP) is 2.22. The number of ether oxygens (including phenoxy) is 2. The highest BCUT2D eigenvalue weighted by molar-refractivity contribution is 6.30. The van der Waals surface area contributed by atoms with Crippen molar-refractivity contribution >= 4 is 23.2 Å². The quantitative estimate of drug-likeness (QED) is 0.900. The van der Waals surface area contributed by atoms with E-state index < -0.39 is 5.91 Å². The van der Waals surface area contributed by atoms with Gasteiger partial charge in [-0.1, -0.05) is 11.6 Å². The third-order valence-electron chi connectivity index (χ3n) is 2.46. The van der Waals surface area contributed by atoms with Crippen LogP contribution in [0.1, 0.15) is 10.4 Å². The number of halogens is 1. The Balaban J connectivity index is 2.37. The number of rotatable bonds is 4. The molecule has 1 aromatic heterocycles. The Morgan fingerprint density at radius 2 is 1.95 bits per heavy atom. The second kappa shape index (κ2) is 5.66. The molecule has 104 valence electrons. The van der Waals surface area contributed by atoms with Gasteiger partial charge < -0.3 is 20.9 Å². The number of nitrogens with two attached hydrogens (primary N) is 2. The van der Waals surface area contributed by atoms with E-state index in [1.54, 1.807) is 6.07 Å². The van der Waals surface area contributed by atoms with Gasteiger partial charge in [0.05, 0.1) is 17.8 Å². The number of hydrogen-bond donors (Lipinski definition) is 2. The molecular formula is C13H12ClN3O3. The van der Waals surface area contributed by atoms with Crippen LogP contribution >= 0.6 is 11.6 Å². The van der Waals surface area contributed by atoms with Crippen molar-refractivity contribution in [1.82, 2.24) is 4.98 Å². The third-order valence-corrected chi connectivity index (χ3v) is 2.67. The van der Waals surface area contributed by atoms with Crippen LogP contribution in [0.5, 0.6) is 17.4 Å². The lowest BCUT2D eigenvalue weighted by atomic mass is 10.2. The van der Waals surface area contributed by atoms with Crippen molar-refractivity contribution in [2.45, 2.75) is 0 Å². The van der Waals surface area contributed by atoms with Crippen LogP contribution < -0.4 is 20.9 Å². The fourth-order valence-corrected chi connectivity index (χ4v) is 1.70. The lowest BCUT2D eigenvalue weighted by Gasteiger charge is -2.10. The smallest absolute Gasteiger partial charge is 0.248 e. The number of carbonyl (C=O) groups excluding carboxylic acids is 1. The van der Waals surface area contributed by atoms with Gasteiger partial charge in [-0.2, -0.15) is 0 Å². The highest BCUT2D eigenvalue weighted by Crippen LogP contribution is 2.30. The van der Waals surface area contributed by atoms with E-state index >= 15 is 0 Å². The maximum Gasteiger partial charge on any atom is 0.248 e. The minimum Gasteiger partial charge on any atom is -0.497 e. The summed E-state index contributed by atoms with van der Waals surface area (Å²) in [5.74, 6) is 0.354. The van der Waals surface area contributed by atoms with Crippen molar-refractivity contribution in [3.63, 3.8) is 0 Å². The number of methoxy groups -OCH3 is 1. The molecule has 20 heavy (non-hydrogen) atoms. The van der Waals surface area contributed by atoms with Crippen LogP contribution in [0, 0.1) is 0 Å². The molecule has 2 rings (SSSR count). The first-order chi connectivity index (χ1) is 9.49. The molecule has 0 radical (unpaired) electrons. The van der Waals surface area contributed by atoms with Crippen LogP contribution in [0.3, 0.4) is 0 Å². The lowest BCUT2D eigenvalue weighted by Crippen LogP contribution is -2.11. The van der Waals surface area contributed by atoms with Gasteiger partial charge in [0.25, 0.3) is 0 Å². The average molecular weight is 294 g/mol. The minimum absolute atomic E-state index is 0.179. The van der Waals surface area contributed by atoms with E-state index in [0.29, 0.717) is 16.5 Å². The molecule has 0 bridgehead atoms. The number of benzene rings is 1. The number of primary amides is 1. The van der Waals surface area contributed by atoms with Gasteiger partial charge in [0.2, 0.25) is 11.8 Å². The molecule has 0 aliphatic rings. The van der Waals surface area contributed by atoms with Gasteiger partial charge >= 0.3 is 0 Å². The molecule has 1 aromatic carbocycles. The van der Waals surface area contributed by atoms with E-state index in [0.717, 1.165) is 0 Å². The van der Waals surface area contributed by atoms with E-state index in [2.05, 4.69) is 4.98 Å². The number of aromatic nitrogens is 1. The molecule has 0 aliphatic carbocycles. The molecule has 0 saturated carbocycles. The molecule has 0 spiro atoms. The zero-order valence-corrected chi connectivity index (χ0v) is 11.3. The summed E-state index contributed by atoms with van der Waals surface area (Å²) in [7, 11) is 1.47. The van der Waals surface area contributed by atoms with Gasteiger partial charge in [0.1, 0.15) is 11.5 Å². The first-order valence-electron chi connectivity index (χ1n) is 5.57. The van der Waals surface area contributed by atoms with Crippen molar-refractivity contribution < 1.29 is 14.3 Å². The average Bonchev–Trinajstić information content (AvgIpc) is 2.41. The van der Waals surface area contributed by atoms with E-state index in [-0.39, 0.29) is 17.1 Å². The normalized spacial score (nSPS) is 10.1. The Kier molecular flexibility index (Phi) is 3.95. The summed E-state index contributed by atoms with van der Waals surface area (Å²) >= 11 is 5.76.